The zero-order chi connectivity index (χ0) is 13.3. The predicted molar refractivity (Wildman–Crippen MR) is 68.7 cm³/mol. The van der Waals surface area contributed by atoms with Gasteiger partial charge in [0, 0.05) is 23.7 Å². The van der Waals surface area contributed by atoms with E-state index in [1.165, 1.54) is 7.11 Å². The number of carbonyl (C=O) groups is 2. The van der Waals surface area contributed by atoms with Crippen molar-refractivity contribution >= 4 is 29.2 Å². The first-order valence-corrected chi connectivity index (χ1v) is 6.05. The van der Waals surface area contributed by atoms with Crippen LogP contribution in [0.5, 0.6) is 0 Å². The first kappa shape index (κ1) is 12.9. The molecule has 1 aromatic carbocycles. The van der Waals surface area contributed by atoms with Gasteiger partial charge in [-0.15, -0.1) is 0 Å². The van der Waals surface area contributed by atoms with Crippen LogP contribution in [0.4, 0.5) is 5.69 Å². The maximum absolute atomic E-state index is 11.9. The Morgan fingerprint density at radius 3 is 2.83 bits per heavy atom. The van der Waals surface area contributed by atoms with Crippen molar-refractivity contribution in [2.75, 3.05) is 18.6 Å². The molecule has 1 aromatic rings. The SMILES string of the molecule is COC(=O)[C@@H]1CC(=O)N(c2ccc(Cl)cc2C)C1. The van der Waals surface area contributed by atoms with Gasteiger partial charge in [-0.1, -0.05) is 11.6 Å². The molecule has 4 nitrogen and oxygen atoms in total. The molecule has 0 aromatic heterocycles. The molecule has 0 N–H and O–H groups in total. The van der Waals surface area contributed by atoms with Crippen molar-refractivity contribution in [2.45, 2.75) is 13.3 Å². The summed E-state index contributed by atoms with van der Waals surface area (Å²) in [4.78, 5) is 25.0. The number of anilines is 1. The molecule has 5 heteroatoms. The Morgan fingerprint density at radius 1 is 1.50 bits per heavy atom. The lowest BCUT2D eigenvalue weighted by molar-refractivity contribution is -0.145. The Hall–Kier alpha value is -1.55. The van der Waals surface area contributed by atoms with Crippen LogP contribution < -0.4 is 4.90 Å². The number of amides is 1. The van der Waals surface area contributed by atoms with Gasteiger partial charge in [-0.3, -0.25) is 9.59 Å². The van der Waals surface area contributed by atoms with E-state index in [1.807, 2.05) is 6.92 Å². The summed E-state index contributed by atoms with van der Waals surface area (Å²) < 4.78 is 4.68. The van der Waals surface area contributed by atoms with E-state index in [-0.39, 0.29) is 24.2 Å². The minimum Gasteiger partial charge on any atom is -0.469 e. The van der Waals surface area contributed by atoms with Crippen LogP contribution in [0.3, 0.4) is 0 Å². The number of rotatable bonds is 2. The number of ether oxygens (including phenoxy) is 1. The van der Waals surface area contributed by atoms with Gasteiger partial charge in [0.2, 0.25) is 5.91 Å². The molecule has 1 heterocycles. The number of methoxy groups -OCH3 is 1. The number of esters is 1. The lowest BCUT2D eigenvalue weighted by Crippen LogP contribution is -2.26. The highest BCUT2D eigenvalue weighted by Gasteiger charge is 2.36. The van der Waals surface area contributed by atoms with Crippen molar-refractivity contribution < 1.29 is 14.3 Å². The van der Waals surface area contributed by atoms with Crippen molar-refractivity contribution in [1.82, 2.24) is 0 Å². The quantitative estimate of drug-likeness (QED) is 0.772. The average molecular weight is 268 g/mol. The molecule has 0 aliphatic carbocycles. The van der Waals surface area contributed by atoms with E-state index < -0.39 is 0 Å². The molecule has 1 amide bonds. The van der Waals surface area contributed by atoms with E-state index in [4.69, 9.17) is 11.6 Å². The van der Waals surface area contributed by atoms with E-state index >= 15 is 0 Å². The van der Waals surface area contributed by atoms with Gasteiger partial charge in [0.15, 0.2) is 0 Å². The van der Waals surface area contributed by atoms with Crippen molar-refractivity contribution in [3.8, 4) is 0 Å². The molecule has 18 heavy (non-hydrogen) atoms. The number of nitrogens with zero attached hydrogens (tertiary/aromatic N) is 1. The maximum atomic E-state index is 11.9. The molecule has 0 radical (unpaired) electrons. The first-order chi connectivity index (χ1) is 8.52. The van der Waals surface area contributed by atoms with E-state index in [2.05, 4.69) is 4.74 Å². The number of benzene rings is 1. The third kappa shape index (κ3) is 2.34. The van der Waals surface area contributed by atoms with Crippen LogP contribution >= 0.6 is 11.6 Å². The fourth-order valence-corrected chi connectivity index (χ4v) is 2.41. The van der Waals surface area contributed by atoms with E-state index in [9.17, 15) is 9.59 Å². The lowest BCUT2D eigenvalue weighted by Gasteiger charge is -2.18. The lowest BCUT2D eigenvalue weighted by atomic mass is 10.1. The summed E-state index contributed by atoms with van der Waals surface area (Å²) in [6.07, 6.45) is 0.203. The van der Waals surface area contributed by atoms with E-state index in [0.29, 0.717) is 11.6 Å². The second kappa shape index (κ2) is 4.98. The standard InChI is InChI=1S/C13H14ClNO3/c1-8-5-10(14)3-4-11(8)15-7-9(6-12(15)16)13(17)18-2/h3-5,9H,6-7H2,1-2H3/t9-/m1/s1. The van der Waals surface area contributed by atoms with Crippen LogP contribution in [0.2, 0.25) is 5.02 Å². The summed E-state index contributed by atoms with van der Waals surface area (Å²) in [6, 6.07) is 5.34. The van der Waals surface area contributed by atoms with Gasteiger partial charge < -0.3 is 9.64 Å². The Balaban J connectivity index is 2.24. The van der Waals surface area contributed by atoms with Crippen LogP contribution in [0.25, 0.3) is 0 Å². The zero-order valence-electron chi connectivity index (χ0n) is 10.3. The van der Waals surface area contributed by atoms with Gasteiger partial charge in [0.25, 0.3) is 0 Å². The first-order valence-electron chi connectivity index (χ1n) is 5.67. The van der Waals surface area contributed by atoms with Crippen molar-refractivity contribution in [3.63, 3.8) is 0 Å². The summed E-state index contributed by atoms with van der Waals surface area (Å²) >= 11 is 5.88. The number of hydrogen-bond donors (Lipinski definition) is 0. The monoisotopic (exact) mass is 267 g/mol. The molecule has 0 spiro atoms. The summed E-state index contributed by atoms with van der Waals surface area (Å²) in [5, 5.41) is 0.632. The largest absolute Gasteiger partial charge is 0.469 e. The van der Waals surface area contributed by atoms with Crippen LogP contribution in [-0.2, 0) is 14.3 Å². The second-order valence-electron chi connectivity index (χ2n) is 4.36. The number of halogens is 1. The highest BCUT2D eigenvalue weighted by Crippen LogP contribution is 2.29. The summed E-state index contributed by atoms with van der Waals surface area (Å²) in [5.74, 6) is -0.772. The van der Waals surface area contributed by atoms with Crippen molar-refractivity contribution in [3.05, 3.63) is 28.8 Å². The van der Waals surface area contributed by atoms with Crippen LogP contribution in [-0.4, -0.2) is 25.5 Å². The molecule has 96 valence electrons. The van der Waals surface area contributed by atoms with Gasteiger partial charge in [0.1, 0.15) is 0 Å². The van der Waals surface area contributed by atoms with Gasteiger partial charge in [-0.25, -0.2) is 0 Å². The number of hydrogen-bond acceptors (Lipinski definition) is 3. The molecule has 1 atom stereocenters. The fraction of sp³-hybridized carbons (Fsp3) is 0.385. The minimum atomic E-state index is -0.377. The molecule has 1 aliphatic rings. The van der Waals surface area contributed by atoms with E-state index in [1.54, 1.807) is 23.1 Å². The van der Waals surface area contributed by atoms with Gasteiger partial charge in [-0.2, -0.15) is 0 Å². The van der Waals surface area contributed by atoms with Gasteiger partial charge in [-0.05, 0) is 30.7 Å². The molecule has 1 aliphatic heterocycles. The van der Waals surface area contributed by atoms with Crippen molar-refractivity contribution in [1.29, 1.82) is 0 Å². The van der Waals surface area contributed by atoms with Crippen LogP contribution in [0.15, 0.2) is 18.2 Å². The van der Waals surface area contributed by atoms with E-state index in [0.717, 1.165) is 11.3 Å². The van der Waals surface area contributed by atoms with Gasteiger partial charge in [0.05, 0.1) is 13.0 Å². The minimum absolute atomic E-state index is 0.0594. The fourth-order valence-electron chi connectivity index (χ4n) is 2.19. The molecule has 0 bridgehead atoms. The second-order valence-corrected chi connectivity index (χ2v) is 4.80. The highest BCUT2D eigenvalue weighted by molar-refractivity contribution is 6.30. The highest BCUT2D eigenvalue weighted by atomic mass is 35.5. The normalized spacial score (nSPS) is 19.2. The molecule has 0 saturated carbocycles. The Labute approximate surface area is 110 Å². The molecule has 1 fully saturated rings. The Morgan fingerprint density at radius 2 is 2.22 bits per heavy atom. The average Bonchev–Trinajstić information content (AvgIpc) is 2.70. The third-order valence-corrected chi connectivity index (χ3v) is 3.34. The number of carbonyl (C=O) groups excluding carboxylic acids is 2. The summed E-state index contributed by atoms with van der Waals surface area (Å²) in [7, 11) is 1.34. The van der Waals surface area contributed by atoms with Gasteiger partial charge >= 0.3 is 5.97 Å². The topological polar surface area (TPSA) is 46.6 Å². The van der Waals surface area contributed by atoms with Crippen LogP contribution in [0.1, 0.15) is 12.0 Å². The van der Waals surface area contributed by atoms with Crippen molar-refractivity contribution in [2.24, 2.45) is 5.92 Å². The Bertz CT molecular complexity index is 501. The number of aryl methyl sites for hydroxylation is 1. The zero-order valence-corrected chi connectivity index (χ0v) is 11.0. The maximum Gasteiger partial charge on any atom is 0.311 e. The third-order valence-electron chi connectivity index (χ3n) is 3.11. The molecular weight excluding hydrogens is 254 g/mol. The Kier molecular flexibility index (Phi) is 3.57. The summed E-state index contributed by atoms with van der Waals surface area (Å²) in [6.45, 7) is 2.26. The predicted octanol–water partition coefficient (Wildman–Crippen LogP) is 2.17. The smallest absolute Gasteiger partial charge is 0.311 e. The molecule has 0 unspecified atom stereocenters. The molecule has 2 rings (SSSR count). The van der Waals surface area contributed by atoms with Crippen LogP contribution in [0, 0.1) is 12.8 Å². The molecule has 1 saturated heterocycles. The molecular formula is C13H14ClNO3. The summed E-state index contributed by atoms with van der Waals surface area (Å²) in [5.41, 5.74) is 1.72.